The van der Waals surface area contributed by atoms with Gasteiger partial charge in [0.1, 0.15) is 0 Å². The Hall–Kier alpha value is -1.62. The number of aliphatic carboxylic acids is 1. The molecule has 2 N–H and O–H groups in total. The van der Waals surface area contributed by atoms with Gasteiger partial charge in [0, 0.05) is 6.20 Å². The first-order chi connectivity index (χ1) is 7.99. The van der Waals surface area contributed by atoms with E-state index in [1.165, 1.54) is 0 Å². The van der Waals surface area contributed by atoms with Gasteiger partial charge in [0.2, 0.25) is 5.91 Å². The van der Waals surface area contributed by atoms with E-state index < -0.39 is 17.8 Å². The first kappa shape index (κ1) is 11.9. The van der Waals surface area contributed by atoms with Crippen molar-refractivity contribution in [3.8, 4) is 0 Å². The number of amides is 1. The Labute approximate surface area is 103 Å². The normalized spacial score (nSPS) is 22.0. The lowest BCUT2D eigenvalue weighted by molar-refractivity contribution is -0.139. The largest absolute Gasteiger partial charge is 0.481 e. The smallest absolute Gasteiger partial charge is 0.307 e. The molecule has 1 amide bonds. The number of carbonyl (C=O) groups excluding carboxylic acids is 1. The number of nitrogens with zero attached hydrogens (tertiary/aromatic N) is 1. The van der Waals surface area contributed by atoms with Gasteiger partial charge in [-0.25, -0.2) is 4.98 Å². The molecule has 0 radical (unpaired) electrons. The van der Waals surface area contributed by atoms with E-state index >= 15 is 0 Å². The molecule has 1 aromatic rings. The van der Waals surface area contributed by atoms with Gasteiger partial charge in [0.05, 0.1) is 17.5 Å². The second-order valence-electron chi connectivity index (χ2n) is 4.13. The first-order valence-corrected chi connectivity index (χ1v) is 5.52. The van der Waals surface area contributed by atoms with Gasteiger partial charge < -0.3 is 10.4 Å². The Morgan fingerprint density at radius 2 is 2.24 bits per heavy atom. The number of carbonyl (C=O) groups is 2. The fourth-order valence-electron chi connectivity index (χ4n) is 1.62. The highest BCUT2D eigenvalue weighted by Gasteiger charge is 2.48. The van der Waals surface area contributed by atoms with Crippen LogP contribution >= 0.6 is 11.6 Å². The molecular weight excluding hydrogens is 244 g/mol. The van der Waals surface area contributed by atoms with E-state index in [1.54, 1.807) is 12.3 Å². The SMILES string of the molecule is Cc1cnc(Cl)c(NC(=O)[C@@H]2C[C@@H]2C(=O)O)c1. The molecule has 1 aliphatic rings. The van der Waals surface area contributed by atoms with Crippen molar-refractivity contribution in [1.29, 1.82) is 0 Å². The van der Waals surface area contributed by atoms with Crippen LogP contribution in [-0.2, 0) is 9.59 Å². The highest BCUT2D eigenvalue weighted by atomic mass is 35.5. The van der Waals surface area contributed by atoms with Crippen molar-refractivity contribution in [1.82, 2.24) is 4.98 Å². The molecule has 17 heavy (non-hydrogen) atoms. The number of anilines is 1. The number of pyridine rings is 1. The van der Waals surface area contributed by atoms with Crippen molar-refractivity contribution >= 4 is 29.2 Å². The summed E-state index contributed by atoms with van der Waals surface area (Å²) in [4.78, 5) is 26.2. The lowest BCUT2D eigenvalue weighted by atomic mass is 10.2. The number of hydrogen-bond donors (Lipinski definition) is 2. The van der Waals surface area contributed by atoms with Crippen LogP contribution in [0.1, 0.15) is 12.0 Å². The number of halogens is 1. The van der Waals surface area contributed by atoms with Crippen LogP contribution in [0.4, 0.5) is 5.69 Å². The number of rotatable bonds is 3. The zero-order chi connectivity index (χ0) is 12.6. The van der Waals surface area contributed by atoms with Gasteiger partial charge in [-0.1, -0.05) is 11.6 Å². The van der Waals surface area contributed by atoms with Crippen LogP contribution < -0.4 is 5.32 Å². The first-order valence-electron chi connectivity index (χ1n) is 5.15. The molecule has 0 aromatic carbocycles. The van der Waals surface area contributed by atoms with Crippen molar-refractivity contribution in [2.24, 2.45) is 11.8 Å². The van der Waals surface area contributed by atoms with Crippen molar-refractivity contribution in [3.05, 3.63) is 23.0 Å². The molecule has 0 aliphatic heterocycles. The fraction of sp³-hybridized carbons (Fsp3) is 0.364. The summed E-state index contributed by atoms with van der Waals surface area (Å²) in [6.07, 6.45) is 1.98. The number of aromatic nitrogens is 1. The highest BCUT2D eigenvalue weighted by Crippen LogP contribution is 2.39. The number of aryl methyl sites for hydroxylation is 1. The molecule has 2 atom stereocenters. The molecule has 0 saturated heterocycles. The van der Waals surface area contributed by atoms with Gasteiger partial charge in [-0.05, 0) is 25.0 Å². The van der Waals surface area contributed by atoms with Crippen LogP contribution in [0.25, 0.3) is 0 Å². The third kappa shape index (κ3) is 2.55. The van der Waals surface area contributed by atoms with E-state index in [2.05, 4.69) is 10.3 Å². The minimum atomic E-state index is -0.932. The van der Waals surface area contributed by atoms with Crippen LogP contribution in [0.15, 0.2) is 12.3 Å². The molecule has 6 heteroatoms. The molecule has 1 aromatic heterocycles. The second-order valence-corrected chi connectivity index (χ2v) is 4.49. The van der Waals surface area contributed by atoms with Crippen LogP contribution in [0.2, 0.25) is 5.15 Å². The second kappa shape index (κ2) is 4.33. The summed E-state index contributed by atoms with van der Waals surface area (Å²) >= 11 is 5.82. The summed E-state index contributed by atoms with van der Waals surface area (Å²) < 4.78 is 0. The van der Waals surface area contributed by atoms with Crippen molar-refractivity contribution in [3.63, 3.8) is 0 Å². The lowest BCUT2D eigenvalue weighted by Gasteiger charge is -2.06. The molecule has 0 unspecified atom stereocenters. The topological polar surface area (TPSA) is 79.3 Å². The number of hydrogen-bond acceptors (Lipinski definition) is 3. The maximum Gasteiger partial charge on any atom is 0.307 e. The maximum absolute atomic E-state index is 11.7. The maximum atomic E-state index is 11.7. The van der Waals surface area contributed by atoms with Crippen LogP contribution in [0.3, 0.4) is 0 Å². The highest BCUT2D eigenvalue weighted by molar-refractivity contribution is 6.32. The molecule has 1 saturated carbocycles. The van der Waals surface area contributed by atoms with Gasteiger partial charge in [0.25, 0.3) is 0 Å². The van der Waals surface area contributed by atoms with Crippen LogP contribution in [-0.4, -0.2) is 22.0 Å². The third-order valence-corrected chi connectivity index (χ3v) is 2.98. The standard InChI is InChI=1S/C11H11ClN2O3/c1-5-2-8(9(12)13-4-5)14-10(15)6-3-7(6)11(16)17/h2,4,6-7H,3H2,1H3,(H,14,15)(H,16,17)/t6-,7+/m1/s1. The van der Waals surface area contributed by atoms with Crippen molar-refractivity contribution in [2.75, 3.05) is 5.32 Å². The quantitative estimate of drug-likeness (QED) is 0.805. The fourth-order valence-corrected chi connectivity index (χ4v) is 1.77. The summed E-state index contributed by atoms with van der Waals surface area (Å²) in [6.45, 7) is 1.83. The van der Waals surface area contributed by atoms with E-state index in [9.17, 15) is 9.59 Å². The number of carboxylic acid groups (broad SMARTS) is 1. The molecule has 0 bridgehead atoms. The van der Waals surface area contributed by atoms with Crippen LogP contribution in [0, 0.1) is 18.8 Å². The molecular formula is C11H11ClN2O3. The lowest BCUT2D eigenvalue weighted by Crippen LogP contribution is -2.17. The van der Waals surface area contributed by atoms with Crippen LogP contribution in [0.5, 0.6) is 0 Å². The minimum Gasteiger partial charge on any atom is -0.481 e. The zero-order valence-corrected chi connectivity index (χ0v) is 9.86. The van der Waals surface area contributed by atoms with Crippen molar-refractivity contribution < 1.29 is 14.7 Å². The molecule has 2 rings (SSSR count). The van der Waals surface area contributed by atoms with E-state index in [4.69, 9.17) is 16.7 Å². The summed E-state index contributed by atoms with van der Waals surface area (Å²) in [7, 11) is 0. The van der Waals surface area contributed by atoms with E-state index in [0.717, 1.165) is 5.56 Å². The minimum absolute atomic E-state index is 0.205. The van der Waals surface area contributed by atoms with E-state index in [-0.39, 0.29) is 11.1 Å². The third-order valence-electron chi connectivity index (χ3n) is 2.68. The predicted octanol–water partition coefficient (Wildman–Crippen LogP) is 1.70. The monoisotopic (exact) mass is 254 g/mol. The Balaban J connectivity index is 2.04. The number of carboxylic acids is 1. The van der Waals surface area contributed by atoms with Gasteiger partial charge in [0.15, 0.2) is 5.15 Å². The van der Waals surface area contributed by atoms with Gasteiger partial charge in [-0.2, -0.15) is 0 Å². The summed E-state index contributed by atoms with van der Waals surface area (Å²) in [6, 6.07) is 1.70. The molecule has 1 heterocycles. The van der Waals surface area contributed by atoms with Gasteiger partial charge >= 0.3 is 5.97 Å². The zero-order valence-electron chi connectivity index (χ0n) is 9.11. The molecule has 0 spiro atoms. The molecule has 1 fully saturated rings. The van der Waals surface area contributed by atoms with E-state index in [1.807, 2.05) is 6.92 Å². The van der Waals surface area contributed by atoms with Crippen molar-refractivity contribution in [2.45, 2.75) is 13.3 Å². The predicted molar refractivity (Wildman–Crippen MR) is 61.8 cm³/mol. The Morgan fingerprint density at radius 3 is 2.82 bits per heavy atom. The van der Waals surface area contributed by atoms with Gasteiger partial charge in [-0.3, -0.25) is 9.59 Å². The van der Waals surface area contributed by atoms with E-state index in [0.29, 0.717) is 12.1 Å². The number of nitrogens with one attached hydrogen (secondary N) is 1. The Kier molecular flexibility index (Phi) is 3.02. The summed E-state index contributed by atoms with van der Waals surface area (Å²) in [5, 5.41) is 11.5. The molecule has 90 valence electrons. The Morgan fingerprint density at radius 1 is 1.53 bits per heavy atom. The Bertz CT molecular complexity index is 490. The molecule has 5 nitrogen and oxygen atoms in total. The average molecular weight is 255 g/mol. The summed E-state index contributed by atoms with van der Waals surface area (Å²) in [5.74, 6) is -2.26. The molecule has 1 aliphatic carbocycles. The summed E-state index contributed by atoms with van der Waals surface area (Å²) in [5.41, 5.74) is 1.29. The van der Waals surface area contributed by atoms with Gasteiger partial charge in [-0.15, -0.1) is 0 Å². The average Bonchev–Trinajstić information content (AvgIpc) is 3.03.